The normalized spacial score (nSPS) is 34.9. The summed E-state index contributed by atoms with van der Waals surface area (Å²) in [4.78, 5) is 17.4. The number of hydrogen-bond donors (Lipinski definition) is 1. The summed E-state index contributed by atoms with van der Waals surface area (Å²) in [5.41, 5.74) is 0.467. The van der Waals surface area contributed by atoms with Crippen LogP contribution in [0.1, 0.15) is 38.5 Å². The van der Waals surface area contributed by atoms with Gasteiger partial charge in [0.1, 0.15) is 5.15 Å². The largest absolute Gasteiger partial charge is 0.293 e. The Morgan fingerprint density at radius 1 is 1.17 bits per heavy atom. The van der Waals surface area contributed by atoms with E-state index in [4.69, 9.17) is 11.6 Å². The van der Waals surface area contributed by atoms with Gasteiger partial charge in [0.25, 0.3) is 0 Å². The molecule has 0 saturated heterocycles. The number of hydrogen-bond acceptors (Lipinski definition) is 3. The van der Waals surface area contributed by atoms with Crippen LogP contribution in [0.2, 0.25) is 5.15 Å². The van der Waals surface area contributed by atoms with Crippen molar-refractivity contribution in [1.29, 1.82) is 0 Å². The molecule has 23 heavy (non-hydrogen) atoms. The summed E-state index contributed by atoms with van der Waals surface area (Å²) < 4.78 is 1.55. The number of pyridine rings is 1. The quantitative estimate of drug-likeness (QED) is 0.857. The van der Waals surface area contributed by atoms with Gasteiger partial charge < -0.3 is 0 Å². The summed E-state index contributed by atoms with van der Waals surface area (Å²) in [6, 6.07) is 5.42. The van der Waals surface area contributed by atoms with E-state index in [-0.39, 0.29) is 11.3 Å². The van der Waals surface area contributed by atoms with E-state index in [1.54, 1.807) is 10.6 Å². The molecule has 4 bridgehead atoms. The van der Waals surface area contributed by atoms with Crippen molar-refractivity contribution in [2.75, 3.05) is 5.32 Å². The lowest BCUT2D eigenvalue weighted by molar-refractivity contribution is -0.140. The molecular formula is C17H19ClN4O. The van der Waals surface area contributed by atoms with E-state index in [9.17, 15) is 4.79 Å². The molecule has 120 valence electrons. The summed E-state index contributed by atoms with van der Waals surface area (Å²) in [7, 11) is 0. The topological polar surface area (TPSA) is 59.3 Å². The van der Waals surface area contributed by atoms with E-state index >= 15 is 0 Å². The Morgan fingerprint density at radius 2 is 1.83 bits per heavy atom. The van der Waals surface area contributed by atoms with Gasteiger partial charge in [0.15, 0.2) is 5.65 Å². The molecule has 2 heterocycles. The molecule has 0 spiro atoms. The van der Waals surface area contributed by atoms with Gasteiger partial charge in [-0.1, -0.05) is 17.7 Å². The number of aromatic nitrogens is 3. The first-order valence-corrected chi connectivity index (χ1v) is 8.82. The molecule has 6 heteroatoms. The Labute approximate surface area is 139 Å². The van der Waals surface area contributed by atoms with Crippen LogP contribution in [-0.2, 0) is 4.79 Å². The first-order chi connectivity index (χ1) is 11.1. The Balaban J connectivity index is 1.43. The highest BCUT2D eigenvalue weighted by atomic mass is 35.5. The van der Waals surface area contributed by atoms with E-state index in [2.05, 4.69) is 15.4 Å². The fourth-order valence-electron chi connectivity index (χ4n) is 5.55. The number of carbonyl (C=O) groups is 1. The molecule has 1 N–H and O–H groups in total. The van der Waals surface area contributed by atoms with Crippen molar-refractivity contribution >= 4 is 29.1 Å². The van der Waals surface area contributed by atoms with Crippen molar-refractivity contribution in [3.8, 4) is 0 Å². The predicted molar refractivity (Wildman–Crippen MR) is 87.2 cm³/mol. The Bertz CT molecular complexity index is 764. The molecule has 5 nitrogen and oxygen atoms in total. The van der Waals surface area contributed by atoms with Gasteiger partial charge in [0.05, 0.1) is 5.41 Å². The van der Waals surface area contributed by atoms with Crippen LogP contribution < -0.4 is 5.32 Å². The molecule has 4 saturated carbocycles. The van der Waals surface area contributed by atoms with Crippen LogP contribution in [0.15, 0.2) is 18.2 Å². The van der Waals surface area contributed by atoms with Crippen LogP contribution in [0, 0.1) is 23.2 Å². The summed E-state index contributed by atoms with van der Waals surface area (Å²) >= 11 is 6.11. The van der Waals surface area contributed by atoms with Crippen molar-refractivity contribution < 1.29 is 4.79 Å². The van der Waals surface area contributed by atoms with Gasteiger partial charge in [0.2, 0.25) is 11.9 Å². The van der Waals surface area contributed by atoms with Gasteiger partial charge >= 0.3 is 0 Å². The van der Waals surface area contributed by atoms with Gasteiger partial charge in [-0.3, -0.25) is 10.1 Å². The lowest BCUT2D eigenvalue weighted by Gasteiger charge is -2.55. The van der Waals surface area contributed by atoms with Crippen molar-refractivity contribution in [3.63, 3.8) is 0 Å². The summed E-state index contributed by atoms with van der Waals surface area (Å²) in [6.07, 6.45) is 7.11. The molecule has 2 aromatic rings. The van der Waals surface area contributed by atoms with Crippen LogP contribution in [0.5, 0.6) is 0 Å². The second-order valence-corrected chi connectivity index (χ2v) is 8.09. The zero-order chi connectivity index (χ0) is 15.6. The molecule has 0 aliphatic heterocycles. The fourth-order valence-corrected chi connectivity index (χ4v) is 5.75. The molecule has 4 aliphatic rings. The zero-order valence-corrected chi connectivity index (χ0v) is 13.6. The number of anilines is 1. The van der Waals surface area contributed by atoms with Crippen LogP contribution in [0.25, 0.3) is 5.65 Å². The minimum Gasteiger partial charge on any atom is -0.293 e. The lowest BCUT2D eigenvalue weighted by atomic mass is 9.49. The van der Waals surface area contributed by atoms with E-state index < -0.39 is 0 Å². The number of amides is 1. The molecule has 2 aromatic heterocycles. The van der Waals surface area contributed by atoms with Crippen LogP contribution in [-0.4, -0.2) is 20.5 Å². The van der Waals surface area contributed by atoms with E-state index in [0.29, 0.717) is 16.7 Å². The number of nitrogens with zero attached hydrogens (tertiary/aromatic N) is 3. The van der Waals surface area contributed by atoms with Crippen molar-refractivity contribution in [2.24, 2.45) is 23.2 Å². The van der Waals surface area contributed by atoms with Crippen molar-refractivity contribution in [3.05, 3.63) is 23.4 Å². The molecular weight excluding hydrogens is 312 g/mol. The van der Waals surface area contributed by atoms with Gasteiger partial charge in [-0.25, -0.2) is 4.52 Å². The Morgan fingerprint density at radius 3 is 2.43 bits per heavy atom. The summed E-state index contributed by atoms with van der Waals surface area (Å²) in [5, 5.41) is 7.79. The highest BCUT2D eigenvalue weighted by Gasteiger charge is 2.54. The number of rotatable bonds is 2. The predicted octanol–water partition coefficient (Wildman–Crippen LogP) is 3.54. The van der Waals surface area contributed by atoms with Crippen molar-refractivity contribution in [1.82, 2.24) is 14.6 Å². The molecule has 0 aromatic carbocycles. The second-order valence-electron chi connectivity index (χ2n) is 7.71. The third kappa shape index (κ3) is 2.09. The average molecular weight is 331 g/mol. The van der Waals surface area contributed by atoms with E-state index in [0.717, 1.165) is 37.0 Å². The first kappa shape index (κ1) is 13.8. The average Bonchev–Trinajstić information content (AvgIpc) is 2.90. The zero-order valence-electron chi connectivity index (χ0n) is 12.8. The highest BCUT2D eigenvalue weighted by molar-refractivity contribution is 6.29. The van der Waals surface area contributed by atoms with Gasteiger partial charge in [-0.05, 0) is 68.4 Å². The van der Waals surface area contributed by atoms with Crippen molar-refractivity contribution in [2.45, 2.75) is 38.5 Å². The monoisotopic (exact) mass is 330 g/mol. The molecule has 0 atom stereocenters. The van der Waals surface area contributed by atoms with Gasteiger partial charge in [-0.2, -0.15) is 4.98 Å². The van der Waals surface area contributed by atoms with Crippen LogP contribution in [0.3, 0.4) is 0 Å². The minimum atomic E-state index is -0.184. The SMILES string of the molecule is O=C(Nc1nc2cccc(Cl)n2n1)C12CC3CC(CC(C3)C1)C2. The maximum absolute atomic E-state index is 13.0. The number of halogens is 1. The first-order valence-electron chi connectivity index (χ1n) is 8.44. The molecule has 6 rings (SSSR count). The van der Waals surface area contributed by atoms with E-state index in [1.165, 1.54) is 19.3 Å². The smallest absolute Gasteiger partial charge is 0.249 e. The van der Waals surface area contributed by atoms with Crippen LogP contribution in [0.4, 0.5) is 5.95 Å². The van der Waals surface area contributed by atoms with E-state index in [1.807, 2.05) is 12.1 Å². The number of fused-ring (bicyclic) bond motifs is 1. The summed E-state index contributed by atoms with van der Waals surface area (Å²) in [6.45, 7) is 0. The number of nitrogens with one attached hydrogen (secondary N) is 1. The highest BCUT2D eigenvalue weighted by Crippen LogP contribution is 2.60. The Kier molecular flexibility index (Phi) is 2.81. The van der Waals surface area contributed by atoms with Gasteiger partial charge in [0, 0.05) is 0 Å². The molecule has 0 unspecified atom stereocenters. The lowest BCUT2D eigenvalue weighted by Crippen LogP contribution is -2.51. The molecule has 1 amide bonds. The molecule has 4 aliphatic carbocycles. The summed E-state index contributed by atoms with van der Waals surface area (Å²) in [5.74, 6) is 2.71. The Hall–Kier alpha value is -1.62. The van der Waals surface area contributed by atoms with Crippen LogP contribution >= 0.6 is 11.6 Å². The minimum absolute atomic E-state index is 0.114. The third-order valence-electron chi connectivity index (χ3n) is 6.06. The fraction of sp³-hybridized carbons (Fsp3) is 0.588. The maximum Gasteiger partial charge on any atom is 0.249 e. The standard InChI is InChI=1S/C17H19ClN4O/c18-13-2-1-3-14-19-16(21-22(13)14)20-15(23)17-7-10-4-11(8-17)6-12(5-10)9-17/h1-3,10-12H,4-9H2,(H,20,21,23). The van der Waals surface area contributed by atoms with Gasteiger partial charge in [-0.15, -0.1) is 5.10 Å². The molecule has 4 fully saturated rings. The molecule has 0 radical (unpaired) electrons. The number of carbonyl (C=O) groups excluding carboxylic acids is 1. The third-order valence-corrected chi connectivity index (χ3v) is 6.34. The maximum atomic E-state index is 13.0. The second kappa shape index (κ2) is 4.69.